The van der Waals surface area contributed by atoms with E-state index in [0.717, 1.165) is 53.7 Å². The number of amides is 2. The van der Waals surface area contributed by atoms with E-state index in [1.165, 1.54) is 0 Å². The molecule has 0 bridgehead atoms. The lowest BCUT2D eigenvalue weighted by Crippen LogP contribution is -2.27. The van der Waals surface area contributed by atoms with Crippen LogP contribution in [0, 0.1) is 6.92 Å². The van der Waals surface area contributed by atoms with E-state index in [4.69, 9.17) is 16.6 Å². The van der Waals surface area contributed by atoms with Gasteiger partial charge in [-0.25, -0.2) is 4.98 Å². The normalized spacial score (nSPS) is 13.3. The maximum Gasteiger partial charge on any atom is 0.256 e. The summed E-state index contributed by atoms with van der Waals surface area (Å²) in [6.07, 6.45) is 2.10. The zero-order valence-electron chi connectivity index (χ0n) is 18.8. The van der Waals surface area contributed by atoms with Crippen molar-refractivity contribution < 1.29 is 9.59 Å². The Morgan fingerprint density at radius 1 is 0.941 bits per heavy atom. The molecule has 170 valence electrons. The highest BCUT2D eigenvalue weighted by Crippen LogP contribution is 2.31. The number of carbonyl (C=O) groups is 2. The number of hydrogen-bond acceptors (Lipinski definition) is 3. The molecule has 3 aromatic carbocycles. The van der Waals surface area contributed by atoms with Crippen LogP contribution in [0.3, 0.4) is 0 Å². The summed E-state index contributed by atoms with van der Waals surface area (Å²) in [7, 11) is 0. The van der Waals surface area contributed by atoms with E-state index in [9.17, 15) is 9.59 Å². The monoisotopic (exact) mass is 469 g/mol. The first-order valence-corrected chi connectivity index (χ1v) is 11.7. The zero-order chi connectivity index (χ0) is 23.7. The van der Waals surface area contributed by atoms with Crippen LogP contribution in [0.1, 0.15) is 39.1 Å². The van der Waals surface area contributed by atoms with Gasteiger partial charge in [-0.2, -0.15) is 0 Å². The summed E-state index contributed by atoms with van der Waals surface area (Å²) in [6.45, 7) is 3.52. The number of aromatic nitrogens is 1. The number of likely N-dealkylation sites (tertiary alicyclic amines) is 1. The van der Waals surface area contributed by atoms with Gasteiger partial charge in [0.15, 0.2) is 0 Å². The molecule has 0 saturated carbocycles. The first-order chi connectivity index (χ1) is 16.5. The van der Waals surface area contributed by atoms with Gasteiger partial charge in [-0.15, -0.1) is 0 Å². The number of fused-ring (bicyclic) bond motifs is 1. The Kier molecular flexibility index (Phi) is 6.03. The molecule has 1 aliphatic rings. The van der Waals surface area contributed by atoms with Gasteiger partial charge >= 0.3 is 0 Å². The van der Waals surface area contributed by atoms with Crippen LogP contribution in [-0.2, 0) is 0 Å². The number of para-hydroxylation sites is 1. The number of rotatable bonds is 4. The summed E-state index contributed by atoms with van der Waals surface area (Å²) >= 11 is 6.22. The van der Waals surface area contributed by atoms with Gasteiger partial charge in [0.25, 0.3) is 11.8 Å². The van der Waals surface area contributed by atoms with E-state index in [1.807, 2.05) is 60.4 Å². The van der Waals surface area contributed by atoms with E-state index in [2.05, 4.69) is 5.32 Å². The van der Waals surface area contributed by atoms with Crippen molar-refractivity contribution in [1.82, 2.24) is 9.88 Å². The first kappa shape index (κ1) is 22.1. The van der Waals surface area contributed by atoms with E-state index >= 15 is 0 Å². The standard InChI is InChI=1S/C28H24ClN3O2/c1-18-25(23-9-2-3-10-24(23)31-26(18)20-7-6-8-21(29)17-20)27(33)30-22-13-11-19(12-14-22)28(34)32-15-4-5-16-32/h2-3,6-14,17H,4-5,15-16H2,1H3,(H,30,33). The molecule has 1 aromatic heterocycles. The maximum absolute atomic E-state index is 13.5. The quantitative estimate of drug-likeness (QED) is 0.378. The predicted octanol–water partition coefficient (Wildman–Crippen LogP) is 6.35. The lowest BCUT2D eigenvalue weighted by Gasteiger charge is -2.16. The molecule has 1 N–H and O–H groups in total. The minimum atomic E-state index is -0.224. The van der Waals surface area contributed by atoms with E-state index in [-0.39, 0.29) is 11.8 Å². The average molecular weight is 470 g/mol. The number of benzene rings is 3. The maximum atomic E-state index is 13.5. The van der Waals surface area contributed by atoms with Crippen molar-refractivity contribution >= 4 is 40.0 Å². The lowest BCUT2D eigenvalue weighted by atomic mass is 9.97. The van der Waals surface area contributed by atoms with Crippen LogP contribution in [0.2, 0.25) is 5.02 Å². The van der Waals surface area contributed by atoms with Gasteiger partial charge in [0.05, 0.1) is 16.8 Å². The van der Waals surface area contributed by atoms with Gasteiger partial charge in [0.2, 0.25) is 0 Å². The van der Waals surface area contributed by atoms with E-state index < -0.39 is 0 Å². The average Bonchev–Trinajstić information content (AvgIpc) is 3.39. The van der Waals surface area contributed by atoms with Crippen molar-refractivity contribution in [3.63, 3.8) is 0 Å². The Hall–Kier alpha value is -3.70. The molecule has 6 heteroatoms. The second kappa shape index (κ2) is 9.27. The zero-order valence-corrected chi connectivity index (χ0v) is 19.6. The van der Waals surface area contributed by atoms with Crippen LogP contribution >= 0.6 is 11.6 Å². The van der Waals surface area contributed by atoms with E-state index in [1.54, 1.807) is 24.3 Å². The first-order valence-electron chi connectivity index (χ1n) is 11.4. The van der Waals surface area contributed by atoms with Gasteiger partial charge in [-0.1, -0.05) is 41.9 Å². The van der Waals surface area contributed by atoms with Crippen LogP contribution in [0.4, 0.5) is 5.69 Å². The number of nitrogens with zero attached hydrogens (tertiary/aromatic N) is 2. The number of hydrogen-bond donors (Lipinski definition) is 1. The molecule has 0 atom stereocenters. The Morgan fingerprint density at radius 3 is 2.41 bits per heavy atom. The third kappa shape index (κ3) is 4.27. The summed E-state index contributed by atoms with van der Waals surface area (Å²) in [5, 5.41) is 4.39. The largest absolute Gasteiger partial charge is 0.339 e. The second-order valence-electron chi connectivity index (χ2n) is 8.52. The van der Waals surface area contributed by atoms with E-state index in [0.29, 0.717) is 21.8 Å². The minimum Gasteiger partial charge on any atom is -0.339 e. The van der Waals surface area contributed by atoms with Gasteiger partial charge in [-0.05, 0) is 67.8 Å². The molecule has 0 unspecified atom stereocenters. The van der Waals surface area contributed by atoms with Crippen LogP contribution in [0.25, 0.3) is 22.2 Å². The molecule has 34 heavy (non-hydrogen) atoms. The fourth-order valence-corrected chi connectivity index (χ4v) is 4.70. The van der Waals surface area contributed by atoms with Crippen molar-refractivity contribution in [3.8, 4) is 11.3 Å². The van der Waals surface area contributed by atoms with Gasteiger partial charge < -0.3 is 10.2 Å². The number of pyridine rings is 1. The van der Waals surface area contributed by atoms with Crippen molar-refractivity contribution in [2.24, 2.45) is 0 Å². The van der Waals surface area contributed by atoms with Crippen LogP contribution < -0.4 is 5.32 Å². The Bertz CT molecular complexity index is 1390. The molecule has 2 heterocycles. The Morgan fingerprint density at radius 2 is 1.68 bits per heavy atom. The third-order valence-corrected chi connectivity index (χ3v) is 6.48. The molecule has 0 radical (unpaired) electrons. The van der Waals surface area contributed by atoms with Gasteiger partial charge in [0.1, 0.15) is 0 Å². The Labute approximate surface area is 203 Å². The summed E-state index contributed by atoms with van der Waals surface area (Å²) in [5.41, 5.74) is 4.92. The molecule has 4 aromatic rings. The molecular formula is C28H24ClN3O2. The molecule has 1 fully saturated rings. The van der Waals surface area contributed by atoms with Crippen molar-refractivity contribution in [3.05, 3.63) is 94.5 Å². The molecule has 1 aliphatic heterocycles. The van der Waals surface area contributed by atoms with Crippen molar-refractivity contribution in [2.75, 3.05) is 18.4 Å². The SMILES string of the molecule is Cc1c(-c2cccc(Cl)c2)nc2ccccc2c1C(=O)Nc1ccc(C(=O)N2CCCC2)cc1. The summed E-state index contributed by atoms with van der Waals surface area (Å²) < 4.78 is 0. The molecule has 0 aliphatic carbocycles. The topological polar surface area (TPSA) is 62.3 Å². The minimum absolute atomic E-state index is 0.0394. The number of nitrogens with one attached hydrogen (secondary N) is 1. The second-order valence-corrected chi connectivity index (χ2v) is 8.96. The molecular weight excluding hydrogens is 446 g/mol. The predicted molar refractivity (Wildman–Crippen MR) is 136 cm³/mol. The highest BCUT2D eigenvalue weighted by molar-refractivity contribution is 6.30. The van der Waals surface area contributed by atoms with Gasteiger partial charge in [0, 0.05) is 40.3 Å². The molecule has 2 amide bonds. The Balaban J connectivity index is 1.48. The molecule has 1 saturated heterocycles. The number of anilines is 1. The van der Waals surface area contributed by atoms with Crippen LogP contribution in [0.5, 0.6) is 0 Å². The fourth-order valence-electron chi connectivity index (χ4n) is 4.51. The fraction of sp³-hybridized carbons (Fsp3) is 0.179. The van der Waals surface area contributed by atoms with Crippen LogP contribution in [-0.4, -0.2) is 34.8 Å². The molecule has 5 nitrogen and oxygen atoms in total. The number of carbonyl (C=O) groups excluding carboxylic acids is 2. The van der Waals surface area contributed by atoms with Gasteiger partial charge in [-0.3, -0.25) is 9.59 Å². The smallest absolute Gasteiger partial charge is 0.256 e. The number of halogens is 1. The van der Waals surface area contributed by atoms with Crippen molar-refractivity contribution in [2.45, 2.75) is 19.8 Å². The van der Waals surface area contributed by atoms with Crippen LogP contribution in [0.15, 0.2) is 72.8 Å². The summed E-state index contributed by atoms with van der Waals surface area (Å²) in [5.74, 6) is -0.185. The summed E-state index contributed by atoms with van der Waals surface area (Å²) in [6, 6.07) is 22.2. The molecule has 0 spiro atoms. The van der Waals surface area contributed by atoms with Crippen molar-refractivity contribution in [1.29, 1.82) is 0 Å². The summed E-state index contributed by atoms with van der Waals surface area (Å²) in [4.78, 5) is 32.8. The highest BCUT2D eigenvalue weighted by Gasteiger charge is 2.21. The molecule has 5 rings (SSSR count). The third-order valence-electron chi connectivity index (χ3n) is 6.24. The lowest BCUT2D eigenvalue weighted by molar-refractivity contribution is 0.0792. The highest BCUT2D eigenvalue weighted by atomic mass is 35.5.